The quantitative estimate of drug-likeness (QED) is 0.433. The predicted octanol–water partition coefficient (Wildman–Crippen LogP) is 4.79. The van der Waals surface area contributed by atoms with Crippen LogP contribution in [0.15, 0.2) is 55.2 Å². The summed E-state index contributed by atoms with van der Waals surface area (Å²) < 4.78 is 24.2. The van der Waals surface area contributed by atoms with E-state index in [1.54, 1.807) is 18.2 Å². The number of carbonyl (C=O) groups is 2. The molecule has 0 bridgehead atoms. The second kappa shape index (κ2) is 9.55. The van der Waals surface area contributed by atoms with Gasteiger partial charge in [-0.15, -0.1) is 0 Å². The first-order valence-electron chi connectivity index (χ1n) is 8.09. The fraction of sp³-hybridized carbons (Fsp3) is 0.105. The smallest absolute Gasteiger partial charge is 0.343 e. The number of esters is 1. The van der Waals surface area contributed by atoms with Crippen LogP contribution in [0.25, 0.3) is 6.08 Å². The van der Waals surface area contributed by atoms with Gasteiger partial charge in [-0.3, -0.25) is 4.79 Å². The maximum absolute atomic E-state index is 13.0. The molecule has 0 atom stereocenters. The van der Waals surface area contributed by atoms with Crippen LogP contribution in [0.5, 0.6) is 5.75 Å². The molecule has 2 aromatic carbocycles. The van der Waals surface area contributed by atoms with Gasteiger partial charge in [0.15, 0.2) is 11.8 Å². The molecule has 1 heterocycles. The monoisotopic (exact) mass is 542 g/mol. The number of ether oxygens (including phenoxy) is 2. The lowest BCUT2D eigenvalue weighted by molar-refractivity contribution is -0.142. The molecule has 1 aliphatic heterocycles. The van der Waals surface area contributed by atoms with Crippen molar-refractivity contribution in [2.45, 2.75) is 0 Å². The lowest BCUT2D eigenvalue weighted by Gasteiger charge is -2.10. The van der Waals surface area contributed by atoms with Crippen molar-refractivity contribution in [1.82, 2.24) is 5.32 Å². The highest BCUT2D eigenvalue weighted by Crippen LogP contribution is 2.36. The molecule has 0 unspecified atom stereocenters. The number of amidine groups is 1. The Morgan fingerprint density at radius 2 is 1.90 bits per heavy atom. The third kappa shape index (κ3) is 5.68. The molecular weight excluding hydrogens is 531 g/mol. The summed E-state index contributed by atoms with van der Waals surface area (Å²) in [7, 11) is 1.28. The number of nitrogens with zero attached hydrogens (tertiary/aromatic N) is 1. The SMILES string of the molecule is COC(=O)COc1c(Br)cc(/C=C2/SC(=Nc3ccc(F)cc3)NC2=O)cc1Br. The van der Waals surface area contributed by atoms with Crippen molar-refractivity contribution in [3.8, 4) is 5.75 Å². The topological polar surface area (TPSA) is 77.0 Å². The molecule has 29 heavy (non-hydrogen) atoms. The number of thioether (sulfide) groups is 1. The van der Waals surface area contributed by atoms with Crippen LogP contribution in [0.4, 0.5) is 10.1 Å². The van der Waals surface area contributed by atoms with E-state index in [4.69, 9.17) is 4.74 Å². The highest BCUT2D eigenvalue weighted by atomic mass is 79.9. The van der Waals surface area contributed by atoms with E-state index in [2.05, 4.69) is 46.9 Å². The molecular formula is C19H13Br2FN2O4S. The summed E-state index contributed by atoms with van der Waals surface area (Å²) in [6.45, 7) is -0.227. The van der Waals surface area contributed by atoms with Gasteiger partial charge in [0, 0.05) is 0 Å². The van der Waals surface area contributed by atoms with Crippen molar-refractivity contribution in [1.29, 1.82) is 0 Å². The van der Waals surface area contributed by atoms with Crippen LogP contribution in [0.1, 0.15) is 5.56 Å². The molecule has 1 saturated heterocycles. The summed E-state index contributed by atoms with van der Waals surface area (Å²) in [6, 6.07) is 9.17. The molecule has 0 saturated carbocycles. The summed E-state index contributed by atoms with van der Waals surface area (Å²) in [6.07, 6.45) is 1.70. The lowest BCUT2D eigenvalue weighted by atomic mass is 10.2. The second-order valence-corrected chi connectivity index (χ2v) is 8.38. The molecule has 1 amide bonds. The zero-order chi connectivity index (χ0) is 21.0. The van der Waals surface area contributed by atoms with Crippen LogP contribution in [0, 0.1) is 5.82 Å². The summed E-state index contributed by atoms with van der Waals surface area (Å²) in [5.74, 6) is -0.691. The number of amides is 1. The molecule has 6 nitrogen and oxygen atoms in total. The minimum Gasteiger partial charge on any atom is -0.480 e. The number of carbonyl (C=O) groups excluding carboxylic acids is 2. The zero-order valence-electron chi connectivity index (χ0n) is 14.9. The summed E-state index contributed by atoms with van der Waals surface area (Å²) in [5, 5.41) is 3.09. The molecule has 0 spiro atoms. The molecule has 150 valence electrons. The van der Waals surface area contributed by atoms with Crippen LogP contribution in [0.2, 0.25) is 0 Å². The average Bonchev–Trinajstić information content (AvgIpc) is 3.01. The van der Waals surface area contributed by atoms with E-state index >= 15 is 0 Å². The van der Waals surface area contributed by atoms with E-state index in [1.165, 1.54) is 43.1 Å². The van der Waals surface area contributed by atoms with Gasteiger partial charge in [-0.25, -0.2) is 14.2 Å². The van der Waals surface area contributed by atoms with Gasteiger partial charge in [-0.1, -0.05) is 0 Å². The van der Waals surface area contributed by atoms with Gasteiger partial charge < -0.3 is 14.8 Å². The van der Waals surface area contributed by atoms with Crippen LogP contribution in [0.3, 0.4) is 0 Å². The number of benzene rings is 2. The fourth-order valence-electron chi connectivity index (χ4n) is 2.26. The highest BCUT2D eigenvalue weighted by molar-refractivity contribution is 9.11. The first-order valence-corrected chi connectivity index (χ1v) is 10.5. The summed E-state index contributed by atoms with van der Waals surface area (Å²) >= 11 is 7.98. The van der Waals surface area contributed by atoms with Crippen molar-refractivity contribution in [3.05, 3.63) is 61.6 Å². The highest BCUT2D eigenvalue weighted by Gasteiger charge is 2.24. The van der Waals surface area contributed by atoms with E-state index in [0.717, 1.165) is 5.56 Å². The normalized spacial score (nSPS) is 16.2. The Kier molecular flexibility index (Phi) is 7.09. The molecule has 10 heteroatoms. The number of methoxy groups -OCH3 is 1. The van der Waals surface area contributed by atoms with Gasteiger partial charge in [0.1, 0.15) is 11.6 Å². The largest absolute Gasteiger partial charge is 0.480 e. The van der Waals surface area contributed by atoms with E-state index in [9.17, 15) is 14.0 Å². The maximum Gasteiger partial charge on any atom is 0.343 e. The number of hydrogen-bond donors (Lipinski definition) is 1. The van der Waals surface area contributed by atoms with Crippen molar-refractivity contribution in [3.63, 3.8) is 0 Å². The first-order chi connectivity index (χ1) is 13.9. The third-order valence-electron chi connectivity index (χ3n) is 3.59. The molecule has 0 aromatic heterocycles. The maximum atomic E-state index is 13.0. The molecule has 0 aliphatic carbocycles. The number of rotatable bonds is 5. The molecule has 0 radical (unpaired) electrons. The van der Waals surface area contributed by atoms with Gasteiger partial charge in [0.25, 0.3) is 5.91 Å². The van der Waals surface area contributed by atoms with Crippen LogP contribution >= 0.6 is 43.6 Å². The second-order valence-electron chi connectivity index (χ2n) is 5.64. The van der Waals surface area contributed by atoms with Gasteiger partial charge in [0.2, 0.25) is 0 Å². The Labute approximate surface area is 186 Å². The third-order valence-corrected chi connectivity index (χ3v) is 5.68. The van der Waals surface area contributed by atoms with E-state index < -0.39 is 5.97 Å². The Hall–Kier alpha value is -2.17. The predicted molar refractivity (Wildman–Crippen MR) is 117 cm³/mol. The standard InChI is InChI=1S/C19H13Br2FN2O4S/c1-27-16(25)9-28-17-13(20)6-10(7-14(17)21)8-15-18(26)24-19(29-15)23-12-4-2-11(22)3-5-12/h2-8H,9H2,1H3,(H,23,24,26)/b15-8+. The average molecular weight is 544 g/mol. The molecule has 3 rings (SSSR count). The minimum atomic E-state index is -0.498. The van der Waals surface area contributed by atoms with Gasteiger partial charge >= 0.3 is 5.97 Å². The van der Waals surface area contributed by atoms with Crippen LogP contribution < -0.4 is 10.1 Å². The number of nitrogens with one attached hydrogen (secondary N) is 1. The van der Waals surface area contributed by atoms with Crippen LogP contribution in [-0.4, -0.2) is 30.8 Å². The van der Waals surface area contributed by atoms with Crippen molar-refractivity contribution >= 4 is 72.4 Å². The van der Waals surface area contributed by atoms with E-state index in [0.29, 0.717) is 30.5 Å². The van der Waals surface area contributed by atoms with Gasteiger partial charge in [0.05, 0.1) is 26.6 Å². The fourth-order valence-corrected chi connectivity index (χ4v) is 4.55. The number of halogens is 3. The number of aliphatic imine (C=N–C) groups is 1. The minimum absolute atomic E-state index is 0.227. The Bertz CT molecular complexity index is 1000. The van der Waals surface area contributed by atoms with E-state index in [1.807, 2.05) is 0 Å². The van der Waals surface area contributed by atoms with Gasteiger partial charge in [-0.2, -0.15) is 0 Å². The Morgan fingerprint density at radius 3 is 2.52 bits per heavy atom. The van der Waals surface area contributed by atoms with Crippen molar-refractivity contribution in [2.24, 2.45) is 4.99 Å². The first kappa shape index (κ1) is 21.5. The molecule has 1 N–H and O–H groups in total. The van der Waals surface area contributed by atoms with Crippen molar-refractivity contribution < 1.29 is 23.5 Å². The Balaban J connectivity index is 1.78. The van der Waals surface area contributed by atoms with Crippen molar-refractivity contribution in [2.75, 3.05) is 13.7 Å². The van der Waals surface area contributed by atoms with E-state index in [-0.39, 0.29) is 18.3 Å². The number of hydrogen-bond acceptors (Lipinski definition) is 6. The molecule has 1 aliphatic rings. The summed E-state index contributed by atoms with van der Waals surface area (Å²) in [5.41, 5.74) is 1.27. The molecule has 1 fully saturated rings. The molecule has 2 aromatic rings. The lowest BCUT2D eigenvalue weighted by Crippen LogP contribution is -2.19. The van der Waals surface area contributed by atoms with Gasteiger partial charge in [-0.05, 0) is 91.7 Å². The zero-order valence-corrected chi connectivity index (χ0v) is 18.9. The summed E-state index contributed by atoms with van der Waals surface area (Å²) in [4.78, 5) is 28.2. The van der Waals surface area contributed by atoms with Crippen LogP contribution in [-0.2, 0) is 14.3 Å². The Morgan fingerprint density at radius 1 is 1.24 bits per heavy atom.